The molecule has 6 heteroatoms. The van der Waals surface area contributed by atoms with E-state index < -0.39 is 17.8 Å². The smallest absolute Gasteiger partial charge is 0.307 e. The highest BCUT2D eigenvalue weighted by Crippen LogP contribution is 2.42. The second-order valence-electron chi connectivity index (χ2n) is 4.25. The molecule has 0 aliphatic heterocycles. The molecule has 1 fully saturated rings. The number of phenolic OH excluding ortho intramolecular Hbond substituents is 1. The first-order valence-corrected chi connectivity index (χ1v) is 5.80. The topological polar surface area (TPSA) is 86.6 Å². The minimum Gasteiger partial charge on any atom is -0.506 e. The molecule has 0 bridgehead atoms. The number of Topliss-reactive ketones (excluding diaryl/α,β-unsaturated/α-hetero) is 1. The largest absolute Gasteiger partial charge is 0.506 e. The molecule has 18 heavy (non-hydrogen) atoms. The van der Waals surface area contributed by atoms with Crippen molar-refractivity contribution in [1.29, 1.82) is 0 Å². The highest BCUT2D eigenvalue weighted by atomic mass is 35.5. The zero-order valence-electron chi connectivity index (χ0n) is 9.61. The summed E-state index contributed by atoms with van der Waals surface area (Å²) in [5, 5.41) is 21.4. The van der Waals surface area contributed by atoms with E-state index in [0.29, 0.717) is 12.1 Å². The number of ketones is 1. The van der Waals surface area contributed by atoms with Crippen LogP contribution in [-0.4, -0.2) is 29.0 Å². The van der Waals surface area contributed by atoms with Gasteiger partial charge >= 0.3 is 5.97 Å². The van der Waals surface area contributed by atoms with Crippen LogP contribution in [0.4, 0.5) is 5.69 Å². The Hall–Kier alpha value is -1.75. The van der Waals surface area contributed by atoms with E-state index in [4.69, 9.17) is 16.7 Å². The average Bonchev–Trinajstić information content (AvgIpc) is 3.07. The Bertz CT molecular complexity index is 506. The molecule has 3 N–H and O–H groups in total. The molecule has 2 rings (SSSR count). The summed E-state index contributed by atoms with van der Waals surface area (Å²) in [6.07, 6.45) is 0.348. The predicted molar refractivity (Wildman–Crippen MR) is 66.2 cm³/mol. The van der Waals surface area contributed by atoms with E-state index in [1.54, 1.807) is 7.05 Å². The first-order chi connectivity index (χ1) is 8.45. The number of carbonyl (C=O) groups is 2. The summed E-state index contributed by atoms with van der Waals surface area (Å²) in [5.41, 5.74) is 0.587. The van der Waals surface area contributed by atoms with Crippen LogP contribution < -0.4 is 5.32 Å². The standard InChI is InChI=1S/C12H12ClNO4/c1-14-10-8(13)2-5(3-9(10)15)11(16)6-4-7(6)12(17)18/h2-3,6-7,14-15H,4H2,1H3,(H,17,18)/t6-,7-/m0/s1. The van der Waals surface area contributed by atoms with Crippen LogP contribution in [0.3, 0.4) is 0 Å². The van der Waals surface area contributed by atoms with E-state index in [-0.39, 0.29) is 22.1 Å². The van der Waals surface area contributed by atoms with Crippen molar-refractivity contribution in [3.05, 3.63) is 22.7 Å². The minimum absolute atomic E-state index is 0.124. The van der Waals surface area contributed by atoms with Gasteiger partial charge in [0.25, 0.3) is 0 Å². The number of rotatable bonds is 4. The van der Waals surface area contributed by atoms with Gasteiger partial charge in [0.05, 0.1) is 16.6 Å². The lowest BCUT2D eigenvalue weighted by Gasteiger charge is -2.08. The maximum atomic E-state index is 12.0. The van der Waals surface area contributed by atoms with E-state index in [0.717, 1.165) is 0 Å². The van der Waals surface area contributed by atoms with Gasteiger partial charge in [0, 0.05) is 18.5 Å². The van der Waals surface area contributed by atoms with E-state index >= 15 is 0 Å². The first-order valence-electron chi connectivity index (χ1n) is 5.43. The molecule has 1 aliphatic rings. The Balaban J connectivity index is 2.25. The summed E-state index contributed by atoms with van der Waals surface area (Å²) in [4.78, 5) is 22.7. The molecule has 5 nitrogen and oxygen atoms in total. The molecule has 0 aromatic heterocycles. The third kappa shape index (κ3) is 2.13. The maximum absolute atomic E-state index is 12.0. The normalized spacial score (nSPS) is 21.4. The van der Waals surface area contributed by atoms with E-state index in [9.17, 15) is 14.7 Å². The number of nitrogens with one attached hydrogen (secondary N) is 1. The lowest BCUT2D eigenvalue weighted by molar-refractivity contribution is -0.138. The molecular formula is C12H12ClNO4. The van der Waals surface area contributed by atoms with Crippen molar-refractivity contribution in [2.75, 3.05) is 12.4 Å². The van der Waals surface area contributed by atoms with Gasteiger partial charge in [0.15, 0.2) is 5.78 Å². The molecule has 2 atom stereocenters. The second-order valence-corrected chi connectivity index (χ2v) is 4.66. The van der Waals surface area contributed by atoms with Crippen LogP contribution in [0.2, 0.25) is 5.02 Å². The summed E-state index contributed by atoms with van der Waals surface area (Å²) < 4.78 is 0. The molecule has 1 aliphatic carbocycles. The zero-order chi connectivity index (χ0) is 13.4. The molecule has 0 spiro atoms. The number of benzene rings is 1. The lowest BCUT2D eigenvalue weighted by atomic mass is 10.0. The highest BCUT2D eigenvalue weighted by Gasteiger charge is 2.48. The second kappa shape index (κ2) is 4.49. The van der Waals surface area contributed by atoms with Crippen molar-refractivity contribution < 1.29 is 19.8 Å². The number of hydrogen-bond acceptors (Lipinski definition) is 4. The van der Waals surface area contributed by atoms with Crippen molar-refractivity contribution >= 4 is 29.0 Å². The number of halogens is 1. The monoisotopic (exact) mass is 269 g/mol. The quantitative estimate of drug-likeness (QED) is 0.575. The van der Waals surface area contributed by atoms with Crippen LogP contribution in [0.25, 0.3) is 0 Å². The van der Waals surface area contributed by atoms with Gasteiger partial charge in [0.1, 0.15) is 5.75 Å². The molecular weight excluding hydrogens is 258 g/mol. The van der Waals surface area contributed by atoms with Crippen LogP contribution in [0, 0.1) is 11.8 Å². The van der Waals surface area contributed by atoms with Gasteiger partial charge in [-0.25, -0.2) is 0 Å². The summed E-state index contributed by atoms with van der Waals surface area (Å²) in [7, 11) is 1.60. The molecule has 0 amide bonds. The van der Waals surface area contributed by atoms with Gasteiger partial charge in [-0.1, -0.05) is 11.6 Å². The number of aliphatic carboxylic acids is 1. The van der Waals surface area contributed by atoms with Crippen LogP contribution in [0.1, 0.15) is 16.8 Å². The third-order valence-corrected chi connectivity index (χ3v) is 3.35. The Kier molecular flexibility index (Phi) is 3.17. The fourth-order valence-electron chi connectivity index (χ4n) is 1.95. The van der Waals surface area contributed by atoms with Crippen molar-refractivity contribution in [3.8, 4) is 5.75 Å². The molecule has 1 saturated carbocycles. The van der Waals surface area contributed by atoms with Crippen molar-refractivity contribution in [3.63, 3.8) is 0 Å². The maximum Gasteiger partial charge on any atom is 0.307 e. The molecule has 0 radical (unpaired) electrons. The summed E-state index contributed by atoms with van der Waals surface area (Å²) >= 11 is 5.91. The van der Waals surface area contributed by atoms with Crippen molar-refractivity contribution in [2.24, 2.45) is 11.8 Å². The van der Waals surface area contributed by atoms with Crippen LogP contribution in [0.15, 0.2) is 12.1 Å². The Morgan fingerprint density at radius 1 is 1.39 bits per heavy atom. The lowest BCUT2D eigenvalue weighted by Crippen LogP contribution is -2.08. The van der Waals surface area contributed by atoms with Crippen molar-refractivity contribution in [1.82, 2.24) is 0 Å². The molecule has 0 saturated heterocycles. The highest BCUT2D eigenvalue weighted by molar-refractivity contribution is 6.34. The summed E-state index contributed by atoms with van der Waals surface area (Å²) in [6.45, 7) is 0. The number of phenols is 1. The van der Waals surface area contributed by atoms with Gasteiger partial charge in [-0.2, -0.15) is 0 Å². The van der Waals surface area contributed by atoms with Crippen LogP contribution in [0.5, 0.6) is 5.75 Å². The molecule has 0 heterocycles. The predicted octanol–water partition coefficient (Wildman–Crippen LogP) is 1.99. The van der Waals surface area contributed by atoms with Crippen LogP contribution >= 0.6 is 11.6 Å². The molecule has 1 aromatic carbocycles. The Morgan fingerprint density at radius 2 is 2.06 bits per heavy atom. The van der Waals surface area contributed by atoms with Gasteiger partial charge in [-0.05, 0) is 18.6 Å². The fraction of sp³-hybridized carbons (Fsp3) is 0.333. The van der Waals surface area contributed by atoms with Gasteiger partial charge in [-0.3, -0.25) is 9.59 Å². The number of aromatic hydroxyl groups is 1. The SMILES string of the molecule is CNc1c(O)cc(C(=O)[C@H]2C[C@@H]2C(=O)O)cc1Cl. The summed E-state index contributed by atoms with van der Waals surface area (Å²) in [5.74, 6) is -2.49. The average molecular weight is 270 g/mol. The van der Waals surface area contributed by atoms with Gasteiger partial charge in [0.2, 0.25) is 0 Å². The van der Waals surface area contributed by atoms with Crippen LogP contribution in [-0.2, 0) is 4.79 Å². The summed E-state index contributed by atoms with van der Waals surface area (Å²) in [6, 6.07) is 2.74. The number of hydrogen-bond donors (Lipinski definition) is 3. The van der Waals surface area contributed by atoms with Gasteiger partial charge < -0.3 is 15.5 Å². The number of anilines is 1. The number of carboxylic acid groups (broad SMARTS) is 1. The molecule has 96 valence electrons. The third-order valence-electron chi connectivity index (χ3n) is 3.05. The first kappa shape index (κ1) is 12.7. The van der Waals surface area contributed by atoms with Crippen molar-refractivity contribution in [2.45, 2.75) is 6.42 Å². The van der Waals surface area contributed by atoms with Gasteiger partial charge in [-0.15, -0.1) is 0 Å². The Morgan fingerprint density at radius 3 is 2.50 bits per heavy atom. The zero-order valence-corrected chi connectivity index (χ0v) is 10.4. The Labute approximate surface area is 108 Å². The fourth-order valence-corrected chi connectivity index (χ4v) is 2.26. The molecule has 1 aromatic rings. The molecule has 0 unspecified atom stereocenters. The number of carbonyl (C=O) groups excluding carboxylic acids is 1. The minimum atomic E-state index is -0.962. The van der Waals surface area contributed by atoms with E-state index in [2.05, 4.69) is 5.32 Å². The van der Waals surface area contributed by atoms with E-state index in [1.807, 2.05) is 0 Å². The van der Waals surface area contributed by atoms with E-state index in [1.165, 1.54) is 12.1 Å². The number of carboxylic acids is 1.